The van der Waals surface area contributed by atoms with Crippen LogP contribution in [-0.4, -0.2) is 38.1 Å². The Balaban J connectivity index is 1.94. The van der Waals surface area contributed by atoms with E-state index in [4.69, 9.17) is 28.9 Å². The lowest BCUT2D eigenvalue weighted by Crippen LogP contribution is -2.42. The first kappa shape index (κ1) is 26.9. The molecule has 0 saturated carbocycles. The summed E-state index contributed by atoms with van der Waals surface area (Å²) in [4.78, 5) is 29.5. The molecule has 7 nitrogen and oxygen atoms in total. The average Bonchev–Trinajstić information content (AvgIpc) is 3.17. The third kappa shape index (κ3) is 5.59. The predicted octanol–water partition coefficient (Wildman–Crippen LogP) is 5.35. The summed E-state index contributed by atoms with van der Waals surface area (Å²) in [5.74, 6) is -0.182. The van der Waals surface area contributed by atoms with Crippen molar-refractivity contribution < 1.29 is 4.79 Å². The highest BCUT2D eigenvalue weighted by molar-refractivity contribution is 6.34. The Kier molecular flexibility index (Phi) is 8.37. The van der Waals surface area contributed by atoms with Crippen molar-refractivity contribution in [1.29, 1.82) is 0 Å². The molecular weight excluding hydrogens is 509 g/mol. The van der Waals surface area contributed by atoms with Crippen LogP contribution in [0.2, 0.25) is 10.0 Å². The quantitative estimate of drug-likeness (QED) is 0.310. The Morgan fingerprint density at radius 3 is 2.38 bits per heavy atom. The van der Waals surface area contributed by atoms with Crippen molar-refractivity contribution in [2.75, 3.05) is 13.1 Å². The summed E-state index contributed by atoms with van der Waals surface area (Å²) in [6.45, 7) is 7.04. The number of nitrogens with zero attached hydrogens (tertiary/aromatic N) is 4. The summed E-state index contributed by atoms with van der Waals surface area (Å²) in [5.41, 5.74) is 8.81. The van der Waals surface area contributed by atoms with Crippen LogP contribution in [0, 0.1) is 12.8 Å². The lowest BCUT2D eigenvalue weighted by atomic mass is 9.96. The predicted molar refractivity (Wildman–Crippen MR) is 148 cm³/mol. The Bertz CT molecular complexity index is 1450. The number of nitrogens with two attached hydrogens (primary N) is 1. The van der Waals surface area contributed by atoms with E-state index in [9.17, 15) is 9.59 Å². The minimum absolute atomic E-state index is 0.0271. The van der Waals surface area contributed by atoms with E-state index in [2.05, 4.69) is 5.10 Å². The van der Waals surface area contributed by atoms with Gasteiger partial charge in [-0.05, 0) is 61.7 Å². The molecule has 2 aromatic carbocycles. The van der Waals surface area contributed by atoms with Gasteiger partial charge in [0.15, 0.2) is 0 Å². The number of halogens is 2. The van der Waals surface area contributed by atoms with Crippen molar-refractivity contribution in [3.63, 3.8) is 0 Å². The molecule has 0 aliphatic heterocycles. The molecule has 1 amide bonds. The molecule has 2 N–H and O–H groups in total. The lowest BCUT2D eigenvalue weighted by Gasteiger charge is -2.36. The number of aryl methyl sites for hydroxylation is 1. The van der Waals surface area contributed by atoms with E-state index in [-0.39, 0.29) is 17.5 Å². The Hall–Kier alpha value is -3.13. The van der Waals surface area contributed by atoms with Crippen molar-refractivity contribution in [2.24, 2.45) is 11.7 Å². The highest BCUT2D eigenvalue weighted by atomic mass is 35.5. The maximum Gasteiger partial charge on any atom is 0.349 e. The molecule has 37 heavy (non-hydrogen) atoms. The van der Waals surface area contributed by atoms with E-state index < -0.39 is 6.04 Å². The molecule has 4 rings (SSSR count). The number of carbonyl (C=O) groups excluding carboxylic acids is 1. The topological polar surface area (TPSA) is 85.6 Å². The van der Waals surface area contributed by atoms with E-state index in [0.717, 1.165) is 5.56 Å². The average molecular weight is 540 g/mol. The van der Waals surface area contributed by atoms with Crippen molar-refractivity contribution in [1.82, 2.24) is 19.1 Å². The summed E-state index contributed by atoms with van der Waals surface area (Å²) < 4.78 is 3.03. The zero-order valence-electron chi connectivity index (χ0n) is 21.2. The van der Waals surface area contributed by atoms with Crippen molar-refractivity contribution in [2.45, 2.75) is 39.8 Å². The third-order valence-electron chi connectivity index (χ3n) is 6.44. The zero-order valence-corrected chi connectivity index (χ0v) is 22.7. The fraction of sp³-hybridized carbons (Fsp3) is 0.321. The van der Waals surface area contributed by atoms with E-state index in [1.807, 2.05) is 55.1 Å². The van der Waals surface area contributed by atoms with Gasteiger partial charge in [-0.25, -0.2) is 4.79 Å². The zero-order chi connectivity index (χ0) is 26.7. The molecule has 4 aromatic rings. The fourth-order valence-corrected chi connectivity index (χ4v) is 4.96. The maximum atomic E-state index is 13.9. The van der Waals surface area contributed by atoms with Gasteiger partial charge in [0, 0.05) is 22.8 Å². The van der Waals surface area contributed by atoms with Crippen LogP contribution in [-0.2, 0) is 6.54 Å². The Labute approximate surface area is 226 Å². The second-order valence-electron chi connectivity index (χ2n) is 9.46. The van der Waals surface area contributed by atoms with E-state index in [0.29, 0.717) is 58.6 Å². The number of aromatic nitrogens is 3. The van der Waals surface area contributed by atoms with Gasteiger partial charge >= 0.3 is 5.69 Å². The number of amides is 1. The van der Waals surface area contributed by atoms with Gasteiger partial charge in [0.1, 0.15) is 0 Å². The Morgan fingerprint density at radius 1 is 1.08 bits per heavy atom. The number of rotatable bonds is 9. The third-order valence-corrected chi connectivity index (χ3v) is 7.16. The SMILES string of the molecule is Cc1nn2c(=O)n(Cc3ccccc3)c(C(C(C)C)N(CCCN)C(=O)c3ccc(Cl)cc3)cc2c1Cl. The van der Waals surface area contributed by atoms with E-state index >= 15 is 0 Å². The van der Waals surface area contributed by atoms with Crippen molar-refractivity contribution in [3.8, 4) is 0 Å². The van der Waals surface area contributed by atoms with E-state index in [1.54, 1.807) is 35.8 Å². The number of hydrogen-bond donors (Lipinski definition) is 1. The monoisotopic (exact) mass is 539 g/mol. The summed E-state index contributed by atoms with van der Waals surface area (Å²) in [7, 11) is 0. The van der Waals surface area contributed by atoms with Crippen LogP contribution in [0.25, 0.3) is 5.52 Å². The largest absolute Gasteiger partial charge is 0.349 e. The van der Waals surface area contributed by atoms with Crippen molar-refractivity contribution >= 4 is 34.6 Å². The molecule has 0 fully saturated rings. The Morgan fingerprint density at radius 2 is 1.76 bits per heavy atom. The second kappa shape index (κ2) is 11.5. The van der Waals surface area contributed by atoms with Crippen LogP contribution < -0.4 is 11.4 Å². The van der Waals surface area contributed by atoms with Gasteiger partial charge in [0.25, 0.3) is 5.91 Å². The summed E-state index contributed by atoms with van der Waals surface area (Å²) in [6, 6.07) is 18.0. The summed E-state index contributed by atoms with van der Waals surface area (Å²) >= 11 is 12.7. The molecule has 0 aliphatic rings. The fourth-order valence-electron chi connectivity index (χ4n) is 4.66. The van der Waals surface area contributed by atoms with Crippen LogP contribution in [0.1, 0.15) is 53.6 Å². The number of benzene rings is 2. The normalized spacial score (nSPS) is 12.3. The molecule has 2 heterocycles. The first-order chi connectivity index (χ1) is 17.7. The highest BCUT2D eigenvalue weighted by Crippen LogP contribution is 2.32. The molecule has 9 heteroatoms. The molecule has 1 unspecified atom stereocenters. The van der Waals surface area contributed by atoms with Crippen LogP contribution in [0.4, 0.5) is 0 Å². The van der Waals surface area contributed by atoms with Gasteiger partial charge in [-0.15, -0.1) is 0 Å². The molecule has 2 aromatic heterocycles. The summed E-state index contributed by atoms with van der Waals surface area (Å²) in [5, 5.41) is 5.36. The number of hydrogen-bond acceptors (Lipinski definition) is 4. The maximum absolute atomic E-state index is 13.9. The van der Waals surface area contributed by atoms with Crippen LogP contribution in [0.15, 0.2) is 65.5 Å². The second-order valence-corrected chi connectivity index (χ2v) is 10.3. The molecule has 0 spiro atoms. The lowest BCUT2D eigenvalue weighted by molar-refractivity contribution is 0.0609. The van der Waals surface area contributed by atoms with Crippen molar-refractivity contribution in [3.05, 3.63) is 104 Å². The molecule has 0 bridgehead atoms. The summed E-state index contributed by atoms with van der Waals surface area (Å²) in [6.07, 6.45) is 0.611. The van der Waals surface area contributed by atoms with Crippen LogP contribution >= 0.6 is 23.2 Å². The molecular formula is C28H31Cl2N5O2. The molecule has 194 valence electrons. The molecule has 0 radical (unpaired) electrons. The van der Waals surface area contributed by atoms with Gasteiger partial charge in [-0.3, -0.25) is 9.36 Å². The van der Waals surface area contributed by atoms with E-state index in [1.165, 1.54) is 4.52 Å². The number of carbonyl (C=O) groups is 1. The van der Waals surface area contributed by atoms with Gasteiger partial charge in [0.2, 0.25) is 0 Å². The van der Waals surface area contributed by atoms with Gasteiger partial charge in [-0.1, -0.05) is 67.4 Å². The smallest absolute Gasteiger partial charge is 0.330 e. The van der Waals surface area contributed by atoms with Gasteiger partial charge < -0.3 is 10.6 Å². The molecule has 0 aliphatic carbocycles. The van der Waals surface area contributed by atoms with Crippen LogP contribution in [0.3, 0.4) is 0 Å². The van der Waals surface area contributed by atoms with Gasteiger partial charge in [-0.2, -0.15) is 9.61 Å². The standard InChI is InChI=1S/C28H31Cl2N5O2/c1-18(2)26(33(15-7-14-31)27(36)21-10-12-22(29)13-11-21)24-16-23-25(30)19(3)32-35(23)28(37)34(24)17-20-8-5-4-6-9-20/h4-6,8-13,16,18,26H,7,14-15,17,31H2,1-3H3. The molecule has 0 saturated heterocycles. The first-order valence-corrected chi connectivity index (χ1v) is 13.1. The minimum Gasteiger partial charge on any atom is -0.330 e. The minimum atomic E-state index is -0.428. The van der Waals surface area contributed by atoms with Crippen LogP contribution in [0.5, 0.6) is 0 Å². The number of fused-ring (bicyclic) bond motifs is 1. The van der Waals surface area contributed by atoms with Gasteiger partial charge in [0.05, 0.1) is 28.8 Å². The highest BCUT2D eigenvalue weighted by Gasteiger charge is 2.32. The first-order valence-electron chi connectivity index (χ1n) is 12.3. The molecule has 1 atom stereocenters.